The molecule has 5 heteroatoms. The summed E-state index contributed by atoms with van der Waals surface area (Å²) in [6, 6.07) is 13.5. The number of amides is 1. The summed E-state index contributed by atoms with van der Waals surface area (Å²) in [5.74, 6) is 0.361. The Hall–Kier alpha value is -2.66. The van der Waals surface area contributed by atoms with Crippen molar-refractivity contribution in [2.45, 2.75) is 20.8 Å². The molecule has 0 bridgehead atoms. The molecule has 25 heavy (non-hydrogen) atoms. The molecular weight excluding hydrogens is 332 g/mol. The zero-order valence-corrected chi connectivity index (χ0v) is 15.3. The summed E-state index contributed by atoms with van der Waals surface area (Å²) in [6.07, 6.45) is 0. The molecule has 0 spiro atoms. The number of thiazole rings is 1. The normalized spacial score (nSPS) is 10.5. The molecule has 0 aliphatic rings. The van der Waals surface area contributed by atoms with Gasteiger partial charge in [0.25, 0.3) is 5.91 Å². The van der Waals surface area contributed by atoms with Crippen molar-refractivity contribution in [3.63, 3.8) is 0 Å². The first-order chi connectivity index (χ1) is 12.1. The number of hydrogen-bond acceptors (Lipinski definition) is 4. The molecule has 1 amide bonds. The van der Waals surface area contributed by atoms with Gasteiger partial charge in [-0.1, -0.05) is 29.8 Å². The number of carbonyl (C=O) groups is 1. The van der Waals surface area contributed by atoms with Crippen LogP contribution in [0.25, 0.3) is 11.3 Å². The van der Waals surface area contributed by atoms with E-state index in [9.17, 15) is 4.79 Å². The van der Waals surface area contributed by atoms with E-state index in [1.165, 1.54) is 16.9 Å². The zero-order chi connectivity index (χ0) is 17.8. The van der Waals surface area contributed by atoms with Crippen LogP contribution in [0.15, 0.2) is 47.8 Å². The second-order valence-corrected chi connectivity index (χ2v) is 6.60. The lowest BCUT2D eigenvalue weighted by molar-refractivity contribution is 0.102. The molecular formula is C20H20N2O2S. The van der Waals surface area contributed by atoms with Crippen LogP contribution in [0.2, 0.25) is 0 Å². The monoisotopic (exact) mass is 352 g/mol. The van der Waals surface area contributed by atoms with Gasteiger partial charge in [0, 0.05) is 10.9 Å². The van der Waals surface area contributed by atoms with Gasteiger partial charge in [0.2, 0.25) is 0 Å². The number of aryl methyl sites for hydroxylation is 2. The van der Waals surface area contributed by atoms with Crippen molar-refractivity contribution in [1.82, 2.24) is 4.98 Å². The second-order valence-electron chi connectivity index (χ2n) is 5.74. The van der Waals surface area contributed by atoms with Gasteiger partial charge in [-0.3, -0.25) is 10.1 Å². The highest BCUT2D eigenvalue weighted by Crippen LogP contribution is 2.29. The molecule has 0 aliphatic carbocycles. The molecule has 3 aromatic rings. The van der Waals surface area contributed by atoms with Crippen LogP contribution in [-0.2, 0) is 0 Å². The fourth-order valence-electron chi connectivity index (χ4n) is 2.57. The first-order valence-corrected chi connectivity index (χ1v) is 9.02. The third-order valence-corrected chi connectivity index (χ3v) is 4.58. The smallest absolute Gasteiger partial charge is 0.261 e. The summed E-state index contributed by atoms with van der Waals surface area (Å²) < 4.78 is 5.52. The Morgan fingerprint density at radius 2 is 2.00 bits per heavy atom. The molecule has 4 nitrogen and oxygen atoms in total. The Morgan fingerprint density at radius 1 is 1.20 bits per heavy atom. The minimum absolute atomic E-state index is 0.217. The van der Waals surface area contributed by atoms with Gasteiger partial charge in [-0.15, -0.1) is 11.3 Å². The molecule has 2 aromatic carbocycles. The standard InChI is InChI=1S/C20H20N2O2S/c1-4-24-18-8-6-5-7-15(18)19(23)22-20-21-17(12-25-20)16-11-13(2)9-10-14(16)3/h5-12H,4H2,1-3H3,(H,21,22,23). The number of ether oxygens (including phenoxy) is 1. The Morgan fingerprint density at radius 3 is 2.80 bits per heavy atom. The van der Waals surface area contributed by atoms with E-state index in [1.807, 2.05) is 24.4 Å². The van der Waals surface area contributed by atoms with E-state index in [0.29, 0.717) is 23.1 Å². The van der Waals surface area contributed by atoms with Crippen molar-refractivity contribution in [1.29, 1.82) is 0 Å². The van der Waals surface area contributed by atoms with Gasteiger partial charge in [-0.05, 0) is 44.5 Å². The topological polar surface area (TPSA) is 51.2 Å². The van der Waals surface area contributed by atoms with Crippen LogP contribution in [0.3, 0.4) is 0 Å². The van der Waals surface area contributed by atoms with Crippen LogP contribution < -0.4 is 10.1 Å². The van der Waals surface area contributed by atoms with Gasteiger partial charge >= 0.3 is 0 Å². The lowest BCUT2D eigenvalue weighted by atomic mass is 10.0. The van der Waals surface area contributed by atoms with Crippen molar-refractivity contribution >= 4 is 22.4 Å². The average molecular weight is 352 g/mol. The average Bonchev–Trinajstić information content (AvgIpc) is 3.06. The Bertz CT molecular complexity index is 902. The van der Waals surface area contributed by atoms with E-state index in [4.69, 9.17) is 4.74 Å². The van der Waals surface area contributed by atoms with E-state index in [2.05, 4.69) is 42.3 Å². The highest BCUT2D eigenvalue weighted by atomic mass is 32.1. The molecule has 0 atom stereocenters. The number of anilines is 1. The van der Waals surface area contributed by atoms with Crippen molar-refractivity contribution in [2.24, 2.45) is 0 Å². The first-order valence-electron chi connectivity index (χ1n) is 8.15. The molecule has 0 saturated heterocycles. The molecule has 0 fully saturated rings. The number of hydrogen-bond donors (Lipinski definition) is 1. The lowest BCUT2D eigenvalue weighted by Gasteiger charge is -2.09. The highest BCUT2D eigenvalue weighted by Gasteiger charge is 2.14. The lowest BCUT2D eigenvalue weighted by Crippen LogP contribution is -2.13. The number of benzene rings is 2. The van der Waals surface area contributed by atoms with E-state index < -0.39 is 0 Å². The largest absolute Gasteiger partial charge is 0.493 e. The number of para-hydroxylation sites is 1. The fraction of sp³-hybridized carbons (Fsp3) is 0.200. The number of rotatable bonds is 5. The SMILES string of the molecule is CCOc1ccccc1C(=O)Nc1nc(-c2cc(C)ccc2C)cs1. The second kappa shape index (κ2) is 7.49. The van der Waals surface area contributed by atoms with Gasteiger partial charge < -0.3 is 4.74 Å². The predicted molar refractivity (Wildman–Crippen MR) is 103 cm³/mol. The van der Waals surface area contributed by atoms with Gasteiger partial charge in [-0.2, -0.15) is 0 Å². The third kappa shape index (κ3) is 3.88. The Labute approximate surface area is 151 Å². The number of carbonyl (C=O) groups excluding carboxylic acids is 1. The van der Waals surface area contributed by atoms with Crippen molar-refractivity contribution in [2.75, 3.05) is 11.9 Å². The molecule has 1 heterocycles. The highest BCUT2D eigenvalue weighted by molar-refractivity contribution is 7.14. The molecule has 0 radical (unpaired) electrons. The van der Waals surface area contributed by atoms with E-state index in [1.54, 1.807) is 12.1 Å². The van der Waals surface area contributed by atoms with Gasteiger partial charge in [0.15, 0.2) is 5.13 Å². The fourth-order valence-corrected chi connectivity index (χ4v) is 3.27. The minimum Gasteiger partial charge on any atom is -0.493 e. The van der Waals surface area contributed by atoms with Gasteiger partial charge in [0.05, 0.1) is 17.9 Å². The van der Waals surface area contributed by atoms with Gasteiger partial charge in [-0.25, -0.2) is 4.98 Å². The quantitative estimate of drug-likeness (QED) is 0.697. The summed E-state index contributed by atoms with van der Waals surface area (Å²) in [4.78, 5) is 17.1. The number of nitrogens with zero attached hydrogens (tertiary/aromatic N) is 1. The van der Waals surface area contributed by atoms with Crippen LogP contribution in [0.4, 0.5) is 5.13 Å². The molecule has 1 aromatic heterocycles. The first kappa shape index (κ1) is 17.2. The molecule has 128 valence electrons. The predicted octanol–water partition coefficient (Wildman–Crippen LogP) is 5.08. The molecule has 0 unspecified atom stereocenters. The summed E-state index contributed by atoms with van der Waals surface area (Å²) in [5, 5.41) is 5.41. The maximum absolute atomic E-state index is 12.6. The maximum atomic E-state index is 12.6. The van der Waals surface area contributed by atoms with Crippen LogP contribution in [-0.4, -0.2) is 17.5 Å². The van der Waals surface area contributed by atoms with Crippen molar-refractivity contribution in [3.05, 3.63) is 64.5 Å². The Balaban J connectivity index is 1.82. The zero-order valence-electron chi connectivity index (χ0n) is 14.5. The van der Waals surface area contributed by atoms with E-state index in [-0.39, 0.29) is 5.91 Å². The van der Waals surface area contributed by atoms with Crippen LogP contribution in [0, 0.1) is 13.8 Å². The molecule has 0 aliphatic heterocycles. The van der Waals surface area contributed by atoms with Crippen molar-refractivity contribution < 1.29 is 9.53 Å². The summed E-state index contributed by atoms with van der Waals surface area (Å²) in [6.45, 7) is 6.53. The molecule has 1 N–H and O–H groups in total. The van der Waals surface area contributed by atoms with Crippen molar-refractivity contribution in [3.8, 4) is 17.0 Å². The van der Waals surface area contributed by atoms with E-state index in [0.717, 1.165) is 16.8 Å². The van der Waals surface area contributed by atoms with Crippen LogP contribution in [0.5, 0.6) is 5.75 Å². The van der Waals surface area contributed by atoms with Crippen LogP contribution in [0.1, 0.15) is 28.4 Å². The Kier molecular flexibility index (Phi) is 5.14. The van der Waals surface area contributed by atoms with Crippen LogP contribution >= 0.6 is 11.3 Å². The number of nitrogens with one attached hydrogen (secondary N) is 1. The summed E-state index contributed by atoms with van der Waals surface area (Å²) in [5.41, 5.74) is 4.82. The number of aromatic nitrogens is 1. The molecule has 3 rings (SSSR count). The maximum Gasteiger partial charge on any atom is 0.261 e. The molecule has 0 saturated carbocycles. The van der Waals surface area contributed by atoms with Gasteiger partial charge in [0.1, 0.15) is 5.75 Å². The third-order valence-electron chi connectivity index (χ3n) is 3.83. The minimum atomic E-state index is -0.217. The van der Waals surface area contributed by atoms with E-state index >= 15 is 0 Å². The summed E-state index contributed by atoms with van der Waals surface area (Å²) >= 11 is 1.42. The summed E-state index contributed by atoms with van der Waals surface area (Å²) in [7, 11) is 0.